The molecule has 2 heterocycles. The number of aliphatic hydroxyl groups excluding tert-OH is 1. The van der Waals surface area contributed by atoms with Crippen molar-refractivity contribution in [1.29, 1.82) is 0 Å². The molecule has 2 aromatic carbocycles. The highest BCUT2D eigenvalue weighted by Crippen LogP contribution is 2.42. The van der Waals surface area contributed by atoms with E-state index in [2.05, 4.69) is 0 Å². The summed E-state index contributed by atoms with van der Waals surface area (Å²) in [6.07, 6.45) is -0.172. The van der Waals surface area contributed by atoms with Crippen LogP contribution in [0.15, 0.2) is 39.5 Å². The van der Waals surface area contributed by atoms with Crippen LogP contribution in [-0.2, 0) is 0 Å². The van der Waals surface area contributed by atoms with Crippen LogP contribution in [0.25, 0.3) is 22.3 Å². The fourth-order valence-electron chi connectivity index (χ4n) is 4.06. The van der Waals surface area contributed by atoms with Crippen LogP contribution in [-0.4, -0.2) is 54.3 Å². The highest BCUT2D eigenvalue weighted by Gasteiger charge is 2.33. The molecule has 4 rings (SSSR count). The Morgan fingerprint density at radius 2 is 1.97 bits per heavy atom. The Labute approximate surface area is 173 Å². The number of hydrogen-bond acceptors (Lipinski definition) is 6. The highest BCUT2D eigenvalue weighted by atomic mass is 35.5. The van der Waals surface area contributed by atoms with Gasteiger partial charge in [0.2, 0.25) is 0 Å². The normalized spacial score (nSPS) is 20.2. The molecular formula is C21H21BClNO5. The summed E-state index contributed by atoms with van der Waals surface area (Å²) in [5, 5.41) is 31.9. The quantitative estimate of drug-likeness (QED) is 0.552. The number of aliphatic hydroxyl groups is 1. The van der Waals surface area contributed by atoms with Gasteiger partial charge in [0.1, 0.15) is 36.1 Å². The Balaban J connectivity index is 1.99. The summed E-state index contributed by atoms with van der Waals surface area (Å²) < 4.78 is 6.04. The molecule has 0 spiro atoms. The maximum absolute atomic E-state index is 12.8. The largest absolute Gasteiger partial charge is 0.507 e. The van der Waals surface area contributed by atoms with Gasteiger partial charge >= 0.3 is 0 Å². The maximum Gasteiger partial charge on any atom is 0.197 e. The molecule has 1 aliphatic rings. The van der Waals surface area contributed by atoms with E-state index >= 15 is 0 Å². The van der Waals surface area contributed by atoms with Gasteiger partial charge in [-0.25, -0.2) is 0 Å². The molecule has 1 aliphatic heterocycles. The Hall–Kier alpha value is -2.48. The topological polar surface area (TPSA) is 94.1 Å². The number of phenolic OH excluding ortho intramolecular Hbond substituents is 2. The molecule has 3 N–H and O–H groups in total. The Bertz CT molecular complexity index is 1160. The first-order valence-corrected chi connectivity index (χ1v) is 9.80. The second-order valence-corrected chi connectivity index (χ2v) is 8.12. The second-order valence-electron chi connectivity index (χ2n) is 7.72. The molecule has 6 nitrogen and oxygen atoms in total. The molecule has 0 amide bonds. The number of rotatable bonds is 2. The summed E-state index contributed by atoms with van der Waals surface area (Å²) in [7, 11) is 3.81. The number of nitrogens with zero attached hydrogens (tertiary/aromatic N) is 1. The van der Waals surface area contributed by atoms with Crippen LogP contribution in [0.5, 0.6) is 11.5 Å². The number of aromatic hydroxyl groups is 2. The average molecular weight is 414 g/mol. The molecule has 0 aliphatic carbocycles. The van der Waals surface area contributed by atoms with Gasteiger partial charge in [-0.2, -0.15) is 0 Å². The number of phenols is 2. The van der Waals surface area contributed by atoms with E-state index in [1.54, 1.807) is 12.1 Å². The monoisotopic (exact) mass is 413 g/mol. The Morgan fingerprint density at radius 1 is 1.21 bits per heavy atom. The minimum absolute atomic E-state index is 0.0177. The van der Waals surface area contributed by atoms with E-state index in [0.717, 1.165) is 18.1 Å². The zero-order chi connectivity index (χ0) is 20.9. The van der Waals surface area contributed by atoms with E-state index in [1.165, 1.54) is 6.07 Å². The lowest BCUT2D eigenvalue weighted by Gasteiger charge is -2.34. The average Bonchev–Trinajstić information content (AvgIpc) is 2.62. The van der Waals surface area contributed by atoms with Crippen molar-refractivity contribution in [3.05, 3.63) is 51.1 Å². The van der Waals surface area contributed by atoms with Crippen molar-refractivity contribution in [2.75, 3.05) is 20.1 Å². The van der Waals surface area contributed by atoms with E-state index in [9.17, 15) is 20.1 Å². The van der Waals surface area contributed by atoms with Crippen molar-refractivity contribution in [1.82, 2.24) is 4.90 Å². The molecule has 1 saturated heterocycles. The molecule has 2 atom stereocenters. The predicted octanol–water partition coefficient (Wildman–Crippen LogP) is 1.56. The number of likely N-dealkylation sites (N-methyl/N-ethyl adjacent to an activating group) is 1. The van der Waals surface area contributed by atoms with Crippen LogP contribution in [0.2, 0.25) is 5.02 Å². The lowest BCUT2D eigenvalue weighted by molar-refractivity contribution is 0.0630. The Morgan fingerprint density at radius 3 is 2.66 bits per heavy atom. The maximum atomic E-state index is 12.8. The van der Waals surface area contributed by atoms with Gasteiger partial charge in [0.25, 0.3) is 0 Å². The van der Waals surface area contributed by atoms with Crippen LogP contribution in [0.4, 0.5) is 0 Å². The van der Waals surface area contributed by atoms with Gasteiger partial charge in [-0.15, -0.1) is 0 Å². The number of hydrogen-bond donors (Lipinski definition) is 3. The van der Waals surface area contributed by atoms with E-state index in [0.29, 0.717) is 29.1 Å². The van der Waals surface area contributed by atoms with E-state index in [1.807, 2.05) is 25.9 Å². The number of piperidine rings is 1. The minimum Gasteiger partial charge on any atom is -0.507 e. The van der Waals surface area contributed by atoms with Gasteiger partial charge in [-0.05, 0) is 26.1 Å². The van der Waals surface area contributed by atoms with Gasteiger partial charge in [0, 0.05) is 35.7 Å². The van der Waals surface area contributed by atoms with Crippen molar-refractivity contribution in [2.45, 2.75) is 18.4 Å². The number of halogens is 1. The summed E-state index contributed by atoms with van der Waals surface area (Å²) in [5.41, 5.74) is 1.47. The van der Waals surface area contributed by atoms with Crippen LogP contribution in [0.3, 0.4) is 0 Å². The molecule has 3 aromatic rings. The van der Waals surface area contributed by atoms with Crippen molar-refractivity contribution in [2.24, 2.45) is 0 Å². The molecule has 1 aromatic heterocycles. The molecule has 8 heteroatoms. The third kappa shape index (κ3) is 3.50. The molecule has 0 saturated carbocycles. The molecule has 1 fully saturated rings. The second kappa shape index (κ2) is 7.41. The van der Waals surface area contributed by atoms with Gasteiger partial charge < -0.3 is 24.6 Å². The van der Waals surface area contributed by atoms with Crippen molar-refractivity contribution in [3.63, 3.8) is 0 Å². The van der Waals surface area contributed by atoms with Crippen LogP contribution in [0.1, 0.15) is 17.9 Å². The lowest BCUT2D eigenvalue weighted by atomic mass is 9.85. The summed E-state index contributed by atoms with van der Waals surface area (Å²) >= 11 is 6.35. The minimum atomic E-state index is -0.746. The van der Waals surface area contributed by atoms with Crippen molar-refractivity contribution < 1.29 is 19.7 Å². The van der Waals surface area contributed by atoms with E-state index < -0.39 is 17.5 Å². The molecule has 29 heavy (non-hydrogen) atoms. The summed E-state index contributed by atoms with van der Waals surface area (Å²) in [5.74, 6) is -0.764. The van der Waals surface area contributed by atoms with Gasteiger partial charge in [0.05, 0.1) is 11.1 Å². The van der Waals surface area contributed by atoms with Crippen molar-refractivity contribution >= 4 is 35.9 Å². The zero-order valence-corrected chi connectivity index (χ0v) is 16.9. The summed E-state index contributed by atoms with van der Waals surface area (Å²) in [6, 6.07) is 7.80. The smallest absolute Gasteiger partial charge is 0.197 e. The molecule has 150 valence electrons. The molecule has 2 unspecified atom stereocenters. The number of fused-ring (bicyclic) bond motifs is 1. The lowest BCUT2D eigenvalue weighted by Crippen LogP contribution is -2.40. The summed E-state index contributed by atoms with van der Waals surface area (Å²) in [4.78, 5) is 14.8. The fourth-order valence-corrected chi connectivity index (χ4v) is 4.39. The number of likely N-dealkylation sites (tertiary alicyclic amines) is 1. The first-order chi connectivity index (χ1) is 13.8. The molecular weight excluding hydrogens is 392 g/mol. The van der Waals surface area contributed by atoms with Gasteiger partial charge in [-0.1, -0.05) is 29.2 Å². The third-order valence-corrected chi connectivity index (χ3v) is 5.86. The third-order valence-electron chi connectivity index (χ3n) is 5.54. The molecule has 0 radical (unpaired) electrons. The SMILES string of the molecule is Bc1ccc(-c2cc(=O)c3c(O)cc(O)c(C4CCN(C)CC4O)c3o2)c(Cl)c1. The van der Waals surface area contributed by atoms with Crippen molar-refractivity contribution in [3.8, 4) is 22.8 Å². The first kappa shape index (κ1) is 19.8. The van der Waals surface area contributed by atoms with Crippen LogP contribution >= 0.6 is 11.6 Å². The summed E-state index contributed by atoms with van der Waals surface area (Å²) in [6.45, 7) is 1.15. The predicted molar refractivity (Wildman–Crippen MR) is 115 cm³/mol. The van der Waals surface area contributed by atoms with Gasteiger partial charge in [0.15, 0.2) is 5.43 Å². The van der Waals surface area contributed by atoms with Crippen LogP contribution < -0.4 is 10.9 Å². The Kier molecular flexibility index (Phi) is 5.06. The van der Waals surface area contributed by atoms with Gasteiger partial charge in [-0.3, -0.25) is 4.79 Å². The van der Waals surface area contributed by atoms with Crippen LogP contribution in [0, 0.1) is 0 Å². The molecule has 0 bridgehead atoms. The fraction of sp³-hybridized carbons (Fsp3) is 0.286. The highest BCUT2D eigenvalue weighted by molar-refractivity contribution is 6.37. The zero-order valence-electron chi connectivity index (χ0n) is 16.1. The number of benzene rings is 2. The standard InChI is InChI=1S/C21H21BClNO5/c1-24-5-4-12(17(28)9-24)19-14(25)7-15(26)20-16(27)8-18(29-21(19)20)11-3-2-10(22)6-13(11)23/h2-3,6-8,12,17,25-26,28H,4-5,9,22H2,1H3. The first-order valence-electron chi connectivity index (χ1n) is 9.42. The van der Waals surface area contributed by atoms with E-state index in [4.69, 9.17) is 16.0 Å². The number of β-amino-alcohol motifs (C(OH)–C–C–N with tert-alkyl or cyclic N) is 1. The van der Waals surface area contributed by atoms with E-state index in [-0.39, 0.29) is 28.2 Å².